The van der Waals surface area contributed by atoms with Crippen LogP contribution in [0.3, 0.4) is 0 Å². The van der Waals surface area contributed by atoms with Gasteiger partial charge in [-0.15, -0.1) is 0 Å². The van der Waals surface area contributed by atoms with E-state index in [9.17, 15) is 13.6 Å². The zero-order valence-corrected chi connectivity index (χ0v) is 21.0. The highest BCUT2D eigenvalue weighted by atomic mass is 19.3. The van der Waals surface area contributed by atoms with Gasteiger partial charge in [-0.25, -0.2) is 23.7 Å². The Bertz CT molecular complexity index is 1470. The van der Waals surface area contributed by atoms with Gasteiger partial charge < -0.3 is 19.8 Å². The number of hydrogen-bond donors (Lipinski definition) is 1. The maximum Gasteiger partial charge on any atom is 0.256 e. The molecule has 2 N–H and O–H groups in total. The number of pyridine rings is 2. The molecule has 1 saturated heterocycles. The Morgan fingerprint density at radius 1 is 1.19 bits per heavy atom. The second-order valence-electron chi connectivity index (χ2n) is 10.4. The van der Waals surface area contributed by atoms with Gasteiger partial charge in [0.15, 0.2) is 11.5 Å². The topological polar surface area (TPSA) is 94.9 Å². The van der Waals surface area contributed by atoms with Gasteiger partial charge in [0, 0.05) is 43.0 Å². The average Bonchev–Trinajstić information content (AvgIpc) is 3.45. The molecule has 1 amide bonds. The lowest BCUT2D eigenvalue weighted by Gasteiger charge is -2.23. The number of aromatic nitrogens is 5. The monoisotopic (exact) mass is 507 g/mol. The van der Waals surface area contributed by atoms with Gasteiger partial charge >= 0.3 is 0 Å². The highest BCUT2D eigenvalue weighted by Crippen LogP contribution is 2.36. The van der Waals surface area contributed by atoms with E-state index < -0.39 is 13.0 Å². The maximum absolute atomic E-state index is 13.7. The summed E-state index contributed by atoms with van der Waals surface area (Å²) in [4.78, 5) is 29.0. The smallest absolute Gasteiger partial charge is 0.256 e. The van der Waals surface area contributed by atoms with Crippen LogP contribution in [-0.2, 0) is 13.1 Å². The Morgan fingerprint density at radius 2 is 2.00 bits per heavy atom. The van der Waals surface area contributed by atoms with Gasteiger partial charge in [0.05, 0.1) is 17.8 Å². The molecular formula is C27H31F2N7O. The summed E-state index contributed by atoms with van der Waals surface area (Å²) in [6.07, 6.45) is 3.81. The molecule has 6 rings (SSSR count). The largest absolute Gasteiger partial charge is 0.334 e. The minimum absolute atomic E-state index is 0.0792. The van der Waals surface area contributed by atoms with Crippen molar-refractivity contribution in [2.24, 2.45) is 17.6 Å². The van der Waals surface area contributed by atoms with Crippen molar-refractivity contribution in [1.82, 2.24) is 29.0 Å². The predicted molar refractivity (Wildman–Crippen MR) is 137 cm³/mol. The average molecular weight is 508 g/mol. The number of carbonyl (C=O) groups is 1. The van der Waals surface area contributed by atoms with E-state index in [4.69, 9.17) is 10.7 Å². The fourth-order valence-corrected chi connectivity index (χ4v) is 5.63. The van der Waals surface area contributed by atoms with Gasteiger partial charge in [0.25, 0.3) is 12.3 Å². The molecule has 1 aliphatic carbocycles. The quantitative estimate of drug-likeness (QED) is 0.402. The van der Waals surface area contributed by atoms with Crippen LogP contribution in [0.4, 0.5) is 8.78 Å². The van der Waals surface area contributed by atoms with Gasteiger partial charge in [-0.3, -0.25) is 4.79 Å². The number of amides is 1. The Labute approximate surface area is 213 Å². The third-order valence-electron chi connectivity index (χ3n) is 7.98. The van der Waals surface area contributed by atoms with Crippen molar-refractivity contribution < 1.29 is 13.6 Å². The minimum atomic E-state index is -2.59. The summed E-state index contributed by atoms with van der Waals surface area (Å²) in [5.41, 5.74) is 9.03. The fourth-order valence-electron chi connectivity index (χ4n) is 5.63. The number of carbonyl (C=O) groups excluding carboxylic acids is 1. The molecular weight excluding hydrogens is 476 g/mol. The zero-order chi connectivity index (χ0) is 25.8. The first kappa shape index (κ1) is 24.0. The SMILES string of the molecule is CC[C@@H]1CN(C(=O)c2cnc3c(c2)nc(-c2cc4cccnc4n2CC2CC2)n3CC(F)F)[C@H](C)[C@@H]1N. The van der Waals surface area contributed by atoms with Crippen molar-refractivity contribution in [3.05, 3.63) is 42.2 Å². The van der Waals surface area contributed by atoms with E-state index in [1.807, 2.05) is 25.1 Å². The van der Waals surface area contributed by atoms with Crippen molar-refractivity contribution >= 4 is 28.1 Å². The molecule has 0 aromatic carbocycles. The van der Waals surface area contributed by atoms with Crippen molar-refractivity contribution in [2.75, 3.05) is 6.54 Å². The molecule has 37 heavy (non-hydrogen) atoms. The second kappa shape index (κ2) is 9.16. The standard InChI is InChI=1S/C27H31F2N7O/c1-3-17-13-34(15(2)23(17)30)27(37)19-9-20-25(32-11-19)36(14-22(28)29)26(33-20)21-10-18-5-4-8-31-24(18)35(21)12-16-6-7-16/h4-5,8-11,15-17,22-23H,3,6-7,12-14,30H2,1-2H3/t15-,17-,23+/m1/s1. The van der Waals surface area contributed by atoms with E-state index in [2.05, 4.69) is 21.5 Å². The molecule has 4 aromatic heterocycles. The molecule has 2 aliphatic rings. The molecule has 1 aliphatic heterocycles. The molecule has 1 saturated carbocycles. The van der Waals surface area contributed by atoms with Crippen molar-refractivity contribution in [2.45, 2.75) is 64.7 Å². The predicted octanol–water partition coefficient (Wildman–Crippen LogP) is 4.32. The van der Waals surface area contributed by atoms with Crippen molar-refractivity contribution in [3.8, 4) is 11.5 Å². The molecule has 8 nitrogen and oxygen atoms in total. The Balaban J connectivity index is 1.45. The van der Waals surface area contributed by atoms with Crippen molar-refractivity contribution in [3.63, 3.8) is 0 Å². The van der Waals surface area contributed by atoms with Gasteiger partial charge in [-0.2, -0.15) is 0 Å². The van der Waals surface area contributed by atoms with E-state index in [-0.39, 0.29) is 23.9 Å². The Kier molecular flexibility index (Phi) is 5.94. The number of likely N-dealkylation sites (tertiary alicyclic amines) is 1. The van der Waals surface area contributed by atoms with Crippen LogP contribution >= 0.6 is 0 Å². The third-order valence-corrected chi connectivity index (χ3v) is 7.98. The van der Waals surface area contributed by atoms with Gasteiger partial charge in [-0.05, 0) is 55.9 Å². The van der Waals surface area contributed by atoms with E-state index in [1.165, 1.54) is 10.8 Å². The number of nitrogens with zero attached hydrogens (tertiary/aromatic N) is 6. The summed E-state index contributed by atoms with van der Waals surface area (Å²) in [6, 6.07) is 7.28. The van der Waals surface area contributed by atoms with Crippen LogP contribution in [0.25, 0.3) is 33.7 Å². The second-order valence-corrected chi connectivity index (χ2v) is 10.4. The molecule has 0 radical (unpaired) electrons. The first-order valence-corrected chi connectivity index (χ1v) is 13.0. The minimum Gasteiger partial charge on any atom is -0.334 e. The van der Waals surface area contributed by atoms with Crippen LogP contribution in [0.2, 0.25) is 0 Å². The number of rotatable bonds is 7. The highest BCUT2D eigenvalue weighted by molar-refractivity contribution is 5.97. The third kappa shape index (κ3) is 4.17. The molecule has 5 heterocycles. The first-order chi connectivity index (χ1) is 17.9. The van der Waals surface area contributed by atoms with Gasteiger partial charge in [0.2, 0.25) is 0 Å². The van der Waals surface area contributed by atoms with Gasteiger partial charge in [-0.1, -0.05) is 13.3 Å². The summed E-state index contributed by atoms with van der Waals surface area (Å²) < 4.78 is 31.0. The van der Waals surface area contributed by atoms with Gasteiger partial charge in [0.1, 0.15) is 11.2 Å². The lowest BCUT2D eigenvalue weighted by molar-refractivity contribution is 0.0739. The molecule has 10 heteroatoms. The lowest BCUT2D eigenvalue weighted by Crippen LogP contribution is -2.41. The number of halogens is 2. The number of hydrogen-bond acceptors (Lipinski definition) is 5. The van der Waals surface area contributed by atoms with Crippen LogP contribution in [0.5, 0.6) is 0 Å². The maximum atomic E-state index is 13.7. The van der Waals surface area contributed by atoms with E-state index >= 15 is 0 Å². The number of imidazole rings is 1. The molecule has 194 valence electrons. The van der Waals surface area contributed by atoms with Crippen LogP contribution in [-0.4, -0.2) is 59.9 Å². The van der Waals surface area contributed by atoms with E-state index in [1.54, 1.807) is 17.2 Å². The van der Waals surface area contributed by atoms with Crippen LogP contribution in [0, 0.1) is 11.8 Å². The molecule has 0 bridgehead atoms. The van der Waals surface area contributed by atoms with Crippen LogP contribution in [0.1, 0.15) is 43.5 Å². The van der Waals surface area contributed by atoms with E-state index in [0.29, 0.717) is 35.0 Å². The molecule has 0 spiro atoms. The summed E-state index contributed by atoms with van der Waals surface area (Å²) in [6.45, 7) is 4.85. The first-order valence-electron chi connectivity index (χ1n) is 13.0. The Hall–Kier alpha value is -3.40. The summed E-state index contributed by atoms with van der Waals surface area (Å²) in [5, 5.41) is 0.933. The molecule has 0 unspecified atom stereocenters. The van der Waals surface area contributed by atoms with Crippen molar-refractivity contribution in [1.29, 1.82) is 0 Å². The zero-order valence-electron chi connectivity index (χ0n) is 21.0. The number of nitrogens with two attached hydrogens (primary N) is 1. The molecule has 4 aromatic rings. The highest BCUT2D eigenvalue weighted by Gasteiger charge is 2.38. The molecule has 3 atom stereocenters. The fraction of sp³-hybridized carbons (Fsp3) is 0.481. The summed E-state index contributed by atoms with van der Waals surface area (Å²) in [5.74, 6) is 1.04. The summed E-state index contributed by atoms with van der Waals surface area (Å²) >= 11 is 0. The van der Waals surface area contributed by atoms with Crippen LogP contribution in [0.15, 0.2) is 36.7 Å². The van der Waals surface area contributed by atoms with E-state index in [0.717, 1.165) is 42.5 Å². The van der Waals surface area contributed by atoms with Crippen LogP contribution < -0.4 is 5.73 Å². The normalized spacial score (nSPS) is 22.1. The number of fused-ring (bicyclic) bond motifs is 2. The Morgan fingerprint density at radius 3 is 2.70 bits per heavy atom. The lowest BCUT2D eigenvalue weighted by atomic mass is 9.98. The molecule has 2 fully saturated rings. The number of alkyl halides is 2. The summed E-state index contributed by atoms with van der Waals surface area (Å²) in [7, 11) is 0.